The minimum absolute atomic E-state index is 0.288. The van der Waals surface area contributed by atoms with E-state index in [2.05, 4.69) is 5.43 Å². The summed E-state index contributed by atoms with van der Waals surface area (Å²) >= 11 is 0. The predicted octanol–water partition coefficient (Wildman–Crippen LogP) is 1.70. The fourth-order valence-corrected chi connectivity index (χ4v) is 0.942. The minimum Gasteiger partial charge on any atom is -0.448 e. The number of nitrogens with zero attached hydrogens (tertiary/aromatic N) is 2. The molecule has 0 saturated heterocycles. The van der Waals surface area contributed by atoms with Crippen molar-refractivity contribution in [1.82, 2.24) is 4.68 Å². The summed E-state index contributed by atoms with van der Waals surface area (Å²) in [7, 11) is 0. The van der Waals surface area contributed by atoms with Crippen molar-refractivity contribution in [2.75, 3.05) is 12.0 Å². The third kappa shape index (κ3) is 3.35. The van der Waals surface area contributed by atoms with E-state index in [1.165, 1.54) is 4.68 Å². The van der Waals surface area contributed by atoms with E-state index < -0.39 is 6.09 Å². The highest BCUT2D eigenvalue weighted by Gasteiger charge is 2.06. The molecule has 0 spiro atoms. The van der Waals surface area contributed by atoms with Gasteiger partial charge in [-0.2, -0.15) is 5.26 Å². The zero-order valence-electron chi connectivity index (χ0n) is 8.73. The fourth-order valence-electron chi connectivity index (χ4n) is 0.942. The van der Waals surface area contributed by atoms with E-state index in [0.717, 1.165) is 0 Å². The van der Waals surface area contributed by atoms with Gasteiger partial charge in [-0.3, -0.25) is 0 Å². The van der Waals surface area contributed by atoms with Crippen LogP contribution in [0.1, 0.15) is 19.5 Å². The predicted molar refractivity (Wildman–Crippen MR) is 54.7 cm³/mol. The summed E-state index contributed by atoms with van der Waals surface area (Å²) in [6, 6.07) is 5.21. The molecular weight excluding hydrogens is 194 g/mol. The van der Waals surface area contributed by atoms with Gasteiger partial charge in [0.2, 0.25) is 0 Å². The number of rotatable bonds is 3. The molecule has 0 aliphatic heterocycles. The van der Waals surface area contributed by atoms with E-state index >= 15 is 0 Å². The van der Waals surface area contributed by atoms with Gasteiger partial charge in [-0.05, 0) is 18.1 Å². The highest BCUT2D eigenvalue weighted by atomic mass is 16.6. The molecule has 1 N–H and O–H groups in total. The highest BCUT2D eigenvalue weighted by molar-refractivity contribution is 5.76. The lowest BCUT2D eigenvalue weighted by atomic mass is 10.2. The number of carbonyl (C=O) groups excluding carboxylic acids is 1. The van der Waals surface area contributed by atoms with Gasteiger partial charge in [0.05, 0.1) is 6.61 Å². The Bertz CT molecular complexity index is 376. The topological polar surface area (TPSA) is 67.0 Å². The van der Waals surface area contributed by atoms with E-state index in [1.807, 2.05) is 19.9 Å². The molecule has 5 nitrogen and oxygen atoms in total. The number of hydrogen-bond donors (Lipinski definition) is 1. The van der Waals surface area contributed by atoms with E-state index in [9.17, 15) is 4.79 Å². The Balaban J connectivity index is 2.49. The van der Waals surface area contributed by atoms with Gasteiger partial charge in [0, 0.05) is 6.20 Å². The fraction of sp³-hybridized carbons (Fsp3) is 0.400. The van der Waals surface area contributed by atoms with Crippen molar-refractivity contribution < 1.29 is 9.53 Å². The zero-order valence-corrected chi connectivity index (χ0v) is 8.73. The van der Waals surface area contributed by atoms with E-state index in [-0.39, 0.29) is 5.92 Å². The monoisotopic (exact) mass is 207 g/mol. The first-order chi connectivity index (χ1) is 7.13. The van der Waals surface area contributed by atoms with Gasteiger partial charge >= 0.3 is 6.09 Å². The Morgan fingerprint density at radius 3 is 3.07 bits per heavy atom. The molecule has 1 aromatic heterocycles. The smallest absolute Gasteiger partial charge is 0.426 e. The van der Waals surface area contributed by atoms with Crippen LogP contribution in [0.3, 0.4) is 0 Å². The second kappa shape index (κ2) is 5.05. The molecule has 0 fully saturated rings. The van der Waals surface area contributed by atoms with Crippen molar-refractivity contribution in [2.45, 2.75) is 13.8 Å². The summed E-state index contributed by atoms with van der Waals surface area (Å²) in [4.78, 5) is 11.2. The number of nitriles is 1. The van der Waals surface area contributed by atoms with Gasteiger partial charge < -0.3 is 4.74 Å². The molecule has 0 saturated carbocycles. The number of hydrogen-bond acceptors (Lipinski definition) is 3. The standard InChI is InChI=1S/C10H13N3O2/c1-8(2)7-15-10(14)12-13-5-3-4-9(13)6-11/h3-5,8H,7H2,1-2H3,(H,12,14). The van der Waals surface area contributed by atoms with Crippen LogP contribution in [0, 0.1) is 17.2 Å². The van der Waals surface area contributed by atoms with Crippen LogP contribution in [0.2, 0.25) is 0 Å². The molecule has 5 heteroatoms. The molecule has 0 radical (unpaired) electrons. The Labute approximate surface area is 88.2 Å². The second-order valence-corrected chi connectivity index (χ2v) is 3.48. The number of ether oxygens (including phenoxy) is 1. The number of aromatic nitrogens is 1. The summed E-state index contributed by atoms with van der Waals surface area (Å²) in [6.45, 7) is 4.25. The normalized spacial score (nSPS) is 9.73. The molecule has 1 rings (SSSR count). The van der Waals surface area contributed by atoms with Crippen LogP contribution in [-0.4, -0.2) is 17.4 Å². The first-order valence-corrected chi connectivity index (χ1v) is 4.64. The van der Waals surface area contributed by atoms with Crippen LogP contribution in [0.5, 0.6) is 0 Å². The Kier molecular flexibility index (Phi) is 3.75. The van der Waals surface area contributed by atoms with Crippen molar-refractivity contribution in [1.29, 1.82) is 5.26 Å². The van der Waals surface area contributed by atoms with Crippen molar-refractivity contribution in [2.24, 2.45) is 5.92 Å². The van der Waals surface area contributed by atoms with Crippen LogP contribution < -0.4 is 5.43 Å². The van der Waals surface area contributed by atoms with Crippen LogP contribution >= 0.6 is 0 Å². The lowest BCUT2D eigenvalue weighted by Crippen LogP contribution is -2.25. The third-order valence-corrected chi connectivity index (χ3v) is 1.62. The van der Waals surface area contributed by atoms with Crippen LogP contribution in [0.15, 0.2) is 18.3 Å². The lowest BCUT2D eigenvalue weighted by molar-refractivity contribution is 0.144. The zero-order chi connectivity index (χ0) is 11.3. The Hall–Kier alpha value is -1.96. The highest BCUT2D eigenvalue weighted by Crippen LogP contribution is 1.98. The van der Waals surface area contributed by atoms with Gasteiger partial charge in [-0.1, -0.05) is 13.8 Å². The first kappa shape index (κ1) is 11.1. The molecule has 1 heterocycles. The van der Waals surface area contributed by atoms with Gasteiger partial charge in [-0.15, -0.1) is 0 Å². The number of carbonyl (C=O) groups is 1. The average molecular weight is 207 g/mol. The maximum atomic E-state index is 11.2. The summed E-state index contributed by atoms with van der Waals surface area (Å²) < 4.78 is 6.22. The number of nitrogens with one attached hydrogen (secondary N) is 1. The van der Waals surface area contributed by atoms with Crippen LogP contribution in [-0.2, 0) is 4.74 Å². The summed E-state index contributed by atoms with van der Waals surface area (Å²) in [6.07, 6.45) is 1.02. The molecule has 0 aromatic carbocycles. The molecule has 80 valence electrons. The van der Waals surface area contributed by atoms with Crippen LogP contribution in [0.25, 0.3) is 0 Å². The molecule has 0 aliphatic rings. The number of amides is 1. The lowest BCUT2D eigenvalue weighted by Gasteiger charge is -2.09. The van der Waals surface area contributed by atoms with E-state index in [0.29, 0.717) is 12.3 Å². The molecule has 1 amide bonds. The van der Waals surface area contributed by atoms with E-state index in [1.54, 1.807) is 18.3 Å². The van der Waals surface area contributed by atoms with Gasteiger partial charge in [0.1, 0.15) is 11.8 Å². The summed E-state index contributed by atoms with van der Waals surface area (Å²) in [5.41, 5.74) is 2.79. The van der Waals surface area contributed by atoms with Crippen molar-refractivity contribution >= 4 is 6.09 Å². The van der Waals surface area contributed by atoms with Crippen molar-refractivity contribution in [3.05, 3.63) is 24.0 Å². The largest absolute Gasteiger partial charge is 0.448 e. The average Bonchev–Trinajstić information content (AvgIpc) is 2.62. The molecule has 0 atom stereocenters. The maximum Gasteiger partial charge on any atom is 0.426 e. The molecule has 15 heavy (non-hydrogen) atoms. The molecule has 0 aliphatic carbocycles. The Morgan fingerprint density at radius 2 is 2.47 bits per heavy atom. The first-order valence-electron chi connectivity index (χ1n) is 4.64. The van der Waals surface area contributed by atoms with E-state index in [4.69, 9.17) is 10.00 Å². The van der Waals surface area contributed by atoms with Gasteiger partial charge in [0.15, 0.2) is 0 Å². The minimum atomic E-state index is -0.559. The van der Waals surface area contributed by atoms with Gasteiger partial charge in [0.25, 0.3) is 0 Å². The molecule has 0 bridgehead atoms. The maximum absolute atomic E-state index is 11.2. The second-order valence-electron chi connectivity index (χ2n) is 3.48. The molecule has 1 aromatic rings. The van der Waals surface area contributed by atoms with Crippen molar-refractivity contribution in [3.63, 3.8) is 0 Å². The quantitative estimate of drug-likeness (QED) is 0.820. The third-order valence-electron chi connectivity index (χ3n) is 1.62. The summed E-state index contributed by atoms with van der Waals surface area (Å²) in [5.74, 6) is 0.288. The molecular formula is C10H13N3O2. The van der Waals surface area contributed by atoms with Gasteiger partial charge in [-0.25, -0.2) is 14.9 Å². The van der Waals surface area contributed by atoms with Crippen LogP contribution in [0.4, 0.5) is 4.79 Å². The molecule has 0 unspecified atom stereocenters. The SMILES string of the molecule is CC(C)COC(=O)Nn1cccc1C#N. The summed E-state index contributed by atoms with van der Waals surface area (Å²) in [5, 5.41) is 8.68. The van der Waals surface area contributed by atoms with Crippen molar-refractivity contribution in [3.8, 4) is 6.07 Å². The Morgan fingerprint density at radius 1 is 1.73 bits per heavy atom.